The van der Waals surface area contributed by atoms with Crippen LogP contribution < -0.4 is 0 Å². The highest BCUT2D eigenvalue weighted by molar-refractivity contribution is 4.54. The summed E-state index contributed by atoms with van der Waals surface area (Å²) in [5.74, 6) is 0.00606. The number of aliphatic hydroxyl groups excluding tert-OH is 3. The van der Waals surface area contributed by atoms with Gasteiger partial charge in [0.1, 0.15) is 0 Å². The molecular weight excluding hydrogens is 132 g/mol. The van der Waals surface area contributed by atoms with Gasteiger partial charge in [-0.2, -0.15) is 0 Å². The van der Waals surface area contributed by atoms with E-state index < -0.39 is 0 Å². The van der Waals surface area contributed by atoms with E-state index in [2.05, 4.69) is 0 Å². The Balaban J connectivity index is 3.09. The van der Waals surface area contributed by atoms with E-state index in [1.807, 2.05) is 0 Å². The Hall–Kier alpha value is -0.120. The molecule has 0 aliphatic rings. The quantitative estimate of drug-likeness (QED) is 0.455. The maximum atomic E-state index is 8.60. The van der Waals surface area contributed by atoms with Gasteiger partial charge in [-0.3, -0.25) is 0 Å². The van der Waals surface area contributed by atoms with Crippen LogP contribution in [-0.2, 0) is 0 Å². The molecule has 10 heavy (non-hydrogen) atoms. The van der Waals surface area contributed by atoms with Gasteiger partial charge in [0.25, 0.3) is 0 Å². The molecule has 0 aromatic carbocycles. The number of hydrogen-bond acceptors (Lipinski definition) is 3. The zero-order valence-corrected chi connectivity index (χ0v) is 6.16. The molecule has 0 amide bonds. The Kier molecular flexibility index (Phi) is 6.91. The van der Waals surface area contributed by atoms with E-state index in [1.165, 1.54) is 0 Å². The van der Waals surface area contributed by atoms with Gasteiger partial charge in [0, 0.05) is 25.7 Å². The second-order valence-corrected chi connectivity index (χ2v) is 2.45. The van der Waals surface area contributed by atoms with E-state index in [4.69, 9.17) is 15.3 Å². The fraction of sp³-hybridized carbons (Fsp3) is 1.00. The number of hydrogen-bond donors (Lipinski definition) is 3. The molecule has 0 aliphatic heterocycles. The number of unbranched alkanes of at least 4 members (excludes halogenated alkanes) is 1. The summed E-state index contributed by atoms with van der Waals surface area (Å²) in [6, 6.07) is 0. The van der Waals surface area contributed by atoms with Crippen molar-refractivity contribution in [2.24, 2.45) is 5.92 Å². The zero-order valence-electron chi connectivity index (χ0n) is 6.16. The lowest BCUT2D eigenvalue weighted by Gasteiger charge is -2.08. The molecule has 0 heterocycles. The molecule has 0 saturated carbocycles. The van der Waals surface area contributed by atoms with Gasteiger partial charge in [-0.25, -0.2) is 0 Å². The average Bonchev–Trinajstić information content (AvgIpc) is 1.99. The first-order valence-corrected chi connectivity index (χ1v) is 3.67. The third kappa shape index (κ3) is 4.73. The summed E-state index contributed by atoms with van der Waals surface area (Å²) in [6.07, 6.45) is 2.44. The summed E-state index contributed by atoms with van der Waals surface area (Å²) in [6.45, 7) is 0.285. The summed E-state index contributed by atoms with van der Waals surface area (Å²) < 4.78 is 0. The van der Waals surface area contributed by atoms with Gasteiger partial charge in [0.2, 0.25) is 0 Å². The zero-order chi connectivity index (χ0) is 7.82. The minimum absolute atomic E-state index is 0.00606. The topological polar surface area (TPSA) is 60.7 Å². The Morgan fingerprint density at radius 1 is 0.900 bits per heavy atom. The predicted molar refractivity (Wildman–Crippen MR) is 38.6 cm³/mol. The van der Waals surface area contributed by atoms with Crippen molar-refractivity contribution < 1.29 is 15.3 Å². The average molecular weight is 148 g/mol. The fourth-order valence-electron chi connectivity index (χ4n) is 0.785. The fourth-order valence-corrected chi connectivity index (χ4v) is 0.785. The van der Waals surface area contributed by atoms with Crippen molar-refractivity contribution in [3.05, 3.63) is 0 Å². The Morgan fingerprint density at radius 3 is 1.90 bits per heavy atom. The molecule has 0 unspecified atom stereocenters. The third-order valence-electron chi connectivity index (χ3n) is 1.54. The molecule has 0 bridgehead atoms. The van der Waals surface area contributed by atoms with Gasteiger partial charge >= 0.3 is 0 Å². The SMILES string of the molecule is OCCCCC(CO)CO. The highest BCUT2D eigenvalue weighted by Gasteiger charge is 2.03. The summed E-state index contributed by atoms with van der Waals surface area (Å²) >= 11 is 0. The van der Waals surface area contributed by atoms with Gasteiger partial charge in [-0.15, -0.1) is 0 Å². The number of rotatable bonds is 6. The van der Waals surface area contributed by atoms with E-state index in [9.17, 15) is 0 Å². The standard InChI is InChI=1S/C7H16O3/c8-4-2-1-3-7(5-9)6-10/h7-10H,1-6H2. The van der Waals surface area contributed by atoms with E-state index in [0.717, 1.165) is 19.3 Å². The summed E-state index contributed by atoms with van der Waals surface area (Å²) in [7, 11) is 0. The van der Waals surface area contributed by atoms with Crippen molar-refractivity contribution in [1.29, 1.82) is 0 Å². The van der Waals surface area contributed by atoms with Crippen molar-refractivity contribution in [3.63, 3.8) is 0 Å². The smallest absolute Gasteiger partial charge is 0.0481 e. The Bertz CT molecular complexity index is 61.9. The van der Waals surface area contributed by atoms with Crippen molar-refractivity contribution in [1.82, 2.24) is 0 Å². The van der Waals surface area contributed by atoms with Crippen molar-refractivity contribution >= 4 is 0 Å². The molecule has 0 spiro atoms. The van der Waals surface area contributed by atoms with Gasteiger partial charge in [0.05, 0.1) is 0 Å². The summed E-state index contributed by atoms with van der Waals surface area (Å²) in [5, 5.41) is 25.6. The minimum Gasteiger partial charge on any atom is -0.396 e. The number of aliphatic hydroxyl groups is 3. The Morgan fingerprint density at radius 2 is 1.50 bits per heavy atom. The Labute approximate surface area is 61.3 Å². The largest absolute Gasteiger partial charge is 0.396 e. The van der Waals surface area contributed by atoms with Crippen LogP contribution in [0.2, 0.25) is 0 Å². The van der Waals surface area contributed by atoms with Crippen molar-refractivity contribution in [2.45, 2.75) is 19.3 Å². The second kappa shape index (κ2) is 6.99. The van der Waals surface area contributed by atoms with Crippen LogP contribution in [0.3, 0.4) is 0 Å². The third-order valence-corrected chi connectivity index (χ3v) is 1.54. The predicted octanol–water partition coefficient (Wildman–Crippen LogP) is -0.250. The highest BCUT2D eigenvalue weighted by Crippen LogP contribution is 2.05. The molecule has 3 nitrogen and oxygen atoms in total. The molecule has 0 rings (SSSR count). The van der Waals surface area contributed by atoms with Gasteiger partial charge < -0.3 is 15.3 Å². The molecule has 0 fully saturated rings. The first-order valence-electron chi connectivity index (χ1n) is 3.67. The van der Waals surface area contributed by atoms with Gasteiger partial charge in [0.15, 0.2) is 0 Å². The van der Waals surface area contributed by atoms with E-state index in [-0.39, 0.29) is 25.7 Å². The summed E-state index contributed by atoms with van der Waals surface area (Å²) in [4.78, 5) is 0. The van der Waals surface area contributed by atoms with Gasteiger partial charge in [-0.1, -0.05) is 6.42 Å². The first kappa shape index (κ1) is 9.88. The van der Waals surface area contributed by atoms with Gasteiger partial charge in [-0.05, 0) is 12.8 Å². The van der Waals surface area contributed by atoms with E-state index in [0.29, 0.717) is 0 Å². The summed E-state index contributed by atoms with van der Waals surface area (Å²) in [5.41, 5.74) is 0. The molecule has 0 radical (unpaired) electrons. The van der Waals surface area contributed by atoms with Crippen LogP contribution in [0.5, 0.6) is 0 Å². The lowest BCUT2D eigenvalue weighted by molar-refractivity contribution is 0.139. The lowest BCUT2D eigenvalue weighted by atomic mass is 10.0. The minimum atomic E-state index is 0.00606. The highest BCUT2D eigenvalue weighted by atomic mass is 16.3. The van der Waals surface area contributed by atoms with Crippen LogP contribution in [0.1, 0.15) is 19.3 Å². The molecule has 3 N–H and O–H groups in total. The molecule has 62 valence electrons. The molecule has 3 heteroatoms. The normalized spacial score (nSPS) is 10.8. The van der Waals surface area contributed by atoms with E-state index in [1.54, 1.807) is 0 Å². The van der Waals surface area contributed by atoms with E-state index >= 15 is 0 Å². The monoisotopic (exact) mass is 148 g/mol. The van der Waals surface area contributed by atoms with Crippen LogP contribution in [0.4, 0.5) is 0 Å². The molecular formula is C7H16O3. The van der Waals surface area contributed by atoms with Crippen LogP contribution >= 0.6 is 0 Å². The second-order valence-electron chi connectivity index (χ2n) is 2.45. The van der Waals surface area contributed by atoms with Crippen molar-refractivity contribution in [3.8, 4) is 0 Å². The van der Waals surface area contributed by atoms with Crippen LogP contribution in [-0.4, -0.2) is 35.1 Å². The first-order chi connectivity index (χ1) is 4.85. The molecule has 0 aromatic rings. The molecule has 0 atom stereocenters. The maximum absolute atomic E-state index is 8.60. The lowest BCUT2D eigenvalue weighted by Crippen LogP contribution is -2.10. The molecule has 0 aliphatic carbocycles. The molecule has 0 aromatic heterocycles. The van der Waals surface area contributed by atoms with Crippen LogP contribution in [0.25, 0.3) is 0 Å². The maximum Gasteiger partial charge on any atom is 0.0481 e. The van der Waals surface area contributed by atoms with Crippen LogP contribution in [0.15, 0.2) is 0 Å². The van der Waals surface area contributed by atoms with Crippen LogP contribution in [0, 0.1) is 5.92 Å². The molecule has 0 saturated heterocycles. The van der Waals surface area contributed by atoms with Crippen molar-refractivity contribution in [2.75, 3.05) is 19.8 Å².